The van der Waals surface area contributed by atoms with Gasteiger partial charge in [0.25, 0.3) is 5.91 Å². The molecule has 7 nitrogen and oxygen atoms in total. The van der Waals surface area contributed by atoms with Gasteiger partial charge in [-0.25, -0.2) is 4.79 Å². The van der Waals surface area contributed by atoms with Crippen LogP contribution >= 0.6 is 23.2 Å². The van der Waals surface area contributed by atoms with E-state index in [1.54, 1.807) is 42.5 Å². The van der Waals surface area contributed by atoms with Gasteiger partial charge in [-0.3, -0.25) is 4.79 Å². The van der Waals surface area contributed by atoms with Gasteiger partial charge < -0.3 is 19.9 Å². The number of nitriles is 1. The summed E-state index contributed by atoms with van der Waals surface area (Å²) in [6.07, 6.45) is 1.36. The van der Waals surface area contributed by atoms with Gasteiger partial charge in [0.1, 0.15) is 18.2 Å². The van der Waals surface area contributed by atoms with Crippen molar-refractivity contribution >= 4 is 46.8 Å². The van der Waals surface area contributed by atoms with Crippen molar-refractivity contribution in [3.8, 4) is 17.6 Å². The van der Waals surface area contributed by atoms with Gasteiger partial charge in [0, 0.05) is 15.6 Å². The Kier molecular flexibility index (Phi) is 8.14. The monoisotopic (exact) mass is 496 g/mol. The number of carboxylic acid groups (broad SMARTS) is 1. The number of carboxylic acids is 1. The predicted octanol–water partition coefficient (Wildman–Crippen LogP) is 5.82. The van der Waals surface area contributed by atoms with E-state index in [9.17, 15) is 20.0 Å². The number of methoxy groups -OCH3 is 1. The predicted molar refractivity (Wildman–Crippen MR) is 129 cm³/mol. The Hall–Kier alpha value is -3.99. The molecule has 0 unspecified atom stereocenters. The molecule has 0 aliphatic carbocycles. The molecule has 3 rings (SSSR count). The number of halogens is 2. The van der Waals surface area contributed by atoms with E-state index in [-0.39, 0.29) is 23.4 Å². The summed E-state index contributed by atoms with van der Waals surface area (Å²) in [5.41, 5.74) is 1.03. The third kappa shape index (κ3) is 6.07. The summed E-state index contributed by atoms with van der Waals surface area (Å²) in [5, 5.41) is 22.2. The van der Waals surface area contributed by atoms with Gasteiger partial charge in [-0.15, -0.1) is 0 Å². The highest BCUT2D eigenvalue weighted by molar-refractivity contribution is 6.35. The lowest BCUT2D eigenvalue weighted by molar-refractivity contribution is -0.112. The van der Waals surface area contributed by atoms with Crippen molar-refractivity contribution < 1.29 is 24.2 Å². The Morgan fingerprint density at radius 2 is 1.85 bits per heavy atom. The molecule has 3 aromatic rings. The first-order valence-corrected chi connectivity index (χ1v) is 10.6. The third-order valence-electron chi connectivity index (χ3n) is 4.67. The second-order valence-electron chi connectivity index (χ2n) is 6.91. The molecule has 0 spiro atoms. The largest absolute Gasteiger partial charge is 0.493 e. The number of rotatable bonds is 8. The SMILES string of the molecule is COc1cc(/C=C(\C#N)C(=O)Nc2ccccc2C(=O)O)ccc1OCc1ccc(Cl)cc1Cl. The van der Waals surface area contributed by atoms with Gasteiger partial charge in [0.15, 0.2) is 11.5 Å². The number of nitrogens with zero attached hydrogens (tertiary/aromatic N) is 1. The van der Waals surface area contributed by atoms with E-state index in [4.69, 9.17) is 32.7 Å². The standard InChI is InChI=1S/C25H18Cl2N2O5/c1-33-23-11-15(6-9-22(23)34-14-16-7-8-18(26)12-20(16)27)10-17(13-28)24(30)29-21-5-3-2-4-19(21)25(31)32/h2-12H,14H2,1H3,(H,29,30)(H,31,32)/b17-10+. The van der Waals surface area contributed by atoms with Crippen LogP contribution in [0.5, 0.6) is 11.5 Å². The molecular formula is C25H18Cl2N2O5. The highest BCUT2D eigenvalue weighted by Gasteiger charge is 2.15. The zero-order chi connectivity index (χ0) is 24.7. The van der Waals surface area contributed by atoms with Crippen LogP contribution < -0.4 is 14.8 Å². The number of hydrogen-bond donors (Lipinski definition) is 2. The van der Waals surface area contributed by atoms with E-state index >= 15 is 0 Å². The Morgan fingerprint density at radius 3 is 2.53 bits per heavy atom. The van der Waals surface area contributed by atoms with E-state index in [0.717, 1.165) is 5.56 Å². The van der Waals surface area contributed by atoms with Gasteiger partial charge in [-0.1, -0.05) is 47.5 Å². The summed E-state index contributed by atoms with van der Waals surface area (Å²) in [6, 6.07) is 17.7. The molecule has 9 heteroatoms. The van der Waals surface area contributed by atoms with E-state index in [2.05, 4.69) is 5.32 Å². The summed E-state index contributed by atoms with van der Waals surface area (Å²) >= 11 is 12.1. The fourth-order valence-corrected chi connectivity index (χ4v) is 3.43. The maximum atomic E-state index is 12.6. The number of ether oxygens (including phenoxy) is 2. The minimum atomic E-state index is -1.20. The second kappa shape index (κ2) is 11.2. The van der Waals surface area contributed by atoms with Crippen molar-refractivity contribution in [1.82, 2.24) is 0 Å². The molecule has 1 amide bonds. The summed E-state index contributed by atoms with van der Waals surface area (Å²) in [6.45, 7) is 0.177. The van der Waals surface area contributed by atoms with Gasteiger partial charge in [0.2, 0.25) is 0 Å². The molecule has 0 aromatic heterocycles. The molecule has 172 valence electrons. The van der Waals surface area contributed by atoms with E-state index in [0.29, 0.717) is 27.1 Å². The maximum Gasteiger partial charge on any atom is 0.337 e. The smallest absolute Gasteiger partial charge is 0.337 e. The molecule has 0 bridgehead atoms. The Balaban J connectivity index is 1.79. The lowest BCUT2D eigenvalue weighted by Crippen LogP contribution is -2.16. The zero-order valence-electron chi connectivity index (χ0n) is 17.8. The fourth-order valence-electron chi connectivity index (χ4n) is 2.97. The van der Waals surface area contributed by atoms with Gasteiger partial charge in [-0.2, -0.15) is 5.26 Å². The molecular weight excluding hydrogens is 479 g/mol. The van der Waals surface area contributed by atoms with Gasteiger partial charge in [-0.05, 0) is 48.0 Å². The van der Waals surface area contributed by atoms with Crippen molar-refractivity contribution in [2.75, 3.05) is 12.4 Å². The van der Waals surface area contributed by atoms with Crippen LogP contribution in [0.25, 0.3) is 6.08 Å². The van der Waals surface area contributed by atoms with Crippen LogP contribution in [-0.4, -0.2) is 24.1 Å². The van der Waals surface area contributed by atoms with Crippen LogP contribution in [0.2, 0.25) is 10.0 Å². The van der Waals surface area contributed by atoms with Crippen LogP contribution in [-0.2, 0) is 11.4 Å². The van der Waals surface area contributed by atoms with Crippen LogP contribution in [0, 0.1) is 11.3 Å². The van der Waals surface area contributed by atoms with Crippen molar-refractivity contribution in [2.24, 2.45) is 0 Å². The highest BCUT2D eigenvalue weighted by atomic mass is 35.5. The fraction of sp³-hybridized carbons (Fsp3) is 0.0800. The normalized spacial score (nSPS) is 10.8. The number of para-hydroxylation sites is 1. The summed E-state index contributed by atoms with van der Waals surface area (Å²) < 4.78 is 11.2. The Labute approximate surface area is 205 Å². The van der Waals surface area contributed by atoms with Crippen LogP contribution in [0.1, 0.15) is 21.5 Å². The molecule has 3 aromatic carbocycles. The average molecular weight is 497 g/mol. The van der Waals surface area contributed by atoms with E-state index in [1.165, 1.54) is 31.4 Å². The summed E-state index contributed by atoms with van der Waals surface area (Å²) in [4.78, 5) is 23.9. The number of benzene rings is 3. The first kappa shape index (κ1) is 24.6. The van der Waals surface area contributed by atoms with Crippen LogP contribution in [0.15, 0.2) is 66.2 Å². The third-order valence-corrected chi connectivity index (χ3v) is 5.25. The minimum absolute atomic E-state index is 0.0860. The molecule has 0 atom stereocenters. The molecule has 2 N–H and O–H groups in total. The topological polar surface area (TPSA) is 109 Å². The zero-order valence-corrected chi connectivity index (χ0v) is 19.4. The highest BCUT2D eigenvalue weighted by Crippen LogP contribution is 2.31. The van der Waals surface area contributed by atoms with Crippen LogP contribution in [0.4, 0.5) is 5.69 Å². The number of carbonyl (C=O) groups excluding carboxylic acids is 1. The molecule has 0 aliphatic heterocycles. The number of carbonyl (C=O) groups is 2. The van der Waals surface area contributed by atoms with Crippen LogP contribution in [0.3, 0.4) is 0 Å². The summed E-state index contributed by atoms with van der Waals surface area (Å²) in [5.74, 6) is -1.12. The van der Waals surface area contributed by atoms with Crippen molar-refractivity contribution in [2.45, 2.75) is 6.61 Å². The van der Waals surface area contributed by atoms with Crippen molar-refractivity contribution in [3.05, 3.63) is 93.0 Å². The summed E-state index contributed by atoms with van der Waals surface area (Å²) in [7, 11) is 1.46. The molecule has 0 saturated heterocycles. The number of amides is 1. The molecule has 0 saturated carbocycles. The van der Waals surface area contributed by atoms with Gasteiger partial charge in [0.05, 0.1) is 18.4 Å². The van der Waals surface area contributed by atoms with Crippen molar-refractivity contribution in [1.29, 1.82) is 5.26 Å². The number of aromatic carboxylic acids is 1. The second-order valence-corrected chi connectivity index (χ2v) is 7.75. The number of anilines is 1. The minimum Gasteiger partial charge on any atom is -0.493 e. The number of hydrogen-bond acceptors (Lipinski definition) is 5. The molecule has 34 heavy (non-hydrogen) atoms. The van der Waals surface area contributed by atoms with Crippen molar-refractivity contribution in [3.63, 3.8) is 0 Å². The lowest BCUT2D eigenvalue weighted by atomic mass is 10.1. The Bertz CT molecular complexity index is 1310. The molecule has 0 fully saturated rings. The maximum absolute atomic E-state index is 12.6. The lowest BCUT2D eigenvalue weighted by Gasteiger charge is -2.12. The number of nitrogens with one attached hydrogen (secondary N) is 1. The average Bonchev–Trinajstić information content (AvgIpc) is 2.82. The quantitative estimate of drug-likeness (QED) is 0.300. The Morgan fingerprint density at radius 1 is 1.09 bits per heavy atom. The first-order valence-electron chi connectivity index (χ1n) is 9.82. The van der Waals surface area contributed by atoms with E-state index < -0.39 is 11.9 Å². The molecule has 0 aliphatic rings. The molecule has 0 radical (unpaired) electrons. The first-order chi connectivity index (χ1) is 16.3. The van der Waals surface area contributed by atoms with Gasteiger partial charge >= 0.3 is 5.97 Å². The van der Waals surface area contributed by atoms with E-state index in [1.807, 2.05) is 6.07 Å². The molecule has 0 heterocycles.